The van der Waals surface area contributed by atoms with Gasteiger partial charge in [-0.05, 0) is 49.5 Å². The third-order valence-electron chi connectivity index (χ3n) is 9.65. The summed E-state index contributed by atoms with van der Waals surface area (Å²) in [5, 5.41) is 21.8. The molecule has 0 aromatic carbocycles. The van der Waals surface area contributed by atoms with E-state index in [-0.39, 0.29) is 24.2 Å². The Morgan fingerprint density at radius 2 is 1.94 bits per heavy atom. The lowest BCUT2D eigenvalue weighted by molar-refractivity contribution is -0.215. The Hall–Kier alpha value is -2.71. The lowest BCUT2D eigenvalue weighted by atomic mass is 9.41. The number of methoxy groups -OCH3 is 1. The summed E-state index contributed by atoms with van der Waals surface area (Å²) in [5.41, 5.74) is -0.549. The van der Waals surface area contributed by atoms with Gasteiger partial charge < -0.3 is 24.1 Å². The van der Waals surface area contributed by atoms with Gasteiger partial charge in [0.15, 0.2) is 5.78 Å². The van der Waals surface area contributed by atoms with Crippen molar-refractivity contribution in [2.75, 3.05) is 7.11 Å². The van der Waals surface area contributed by atoms with Gasteiger partial charge in [0.25, 0.3) is 0 Å². The third kappa shape index (κ3) is 2.90. The van der Waals surface area contributed by atoms with Crippen LogP contribution in [0.25, 0.3) is 0 Å². The molecule has 0 amide bonds. The Morgan fingerprint density at radius 3 is 2.54 bits per heavy atom. The molecule has 8 nitrogen and oxygen atoms in total. The maximum Gasteiger partial charge on any atom is 0.315 e. The maximum absolute atomic E-state index is 13.6. The third-order valence-corrected chi connectivity index (χ3v) is 9.65. The van der Waals surface area contributed by atoms with Crippen molar-refractivity contribution in [3.8, 4) is 0 Å². The van der Waals surface area contributed by atoms with Gasteiger partial charge in [-0.2, -0.15) is 0 Å². The second kappa shape index (κ2) is 7.64. The van der Waals surface area contributed by atoms with Crippen LogP contribution in [0.3, 0.4) is 0 Å². The van der Waals surface area contributed by atoms with E-state index in [1.165, 1.54) is 19.3 Å². The number of ether oxygens (including phenoxy) is 2. The van der Waals surface area contributed by atoms with Gasteiger partial charge in [0.1, 0.15) is 0 Å². The highest BCUT2D eigenvalue weighted by molar-refractivity contribution is 5.99. The van der Waals surface area contributed by atoms with Crippen LogP contribution in [0.1, 0.15) is 52.0 Å². The molecule has 3 aliphatic carbocycles. The standard InChI is InChI=1S/C27H32O8/c1-13-15(14-7-9-34-12-14)10-16-20(13)27(4)17(11-19(29)30)26(3)18(28)6-8-25(2,24(32)33-5)22(26)21(31)23(27)35-16/h6-9,12,15-17,21-23,31H,10-11H2,1-5H3,(H,29,30)/t15-,16+,17+,21-,22-,23-,25-,26-,27+/m0/s1. The van der Waals surface area contributed by atoms with Crippen LogP contribution >= 0.6 is 0 Å². The van der Waals surface area contributed by atoms with Crippen molar-refractivity contribution in [3.63, 3.8) is 0 Å². The van der Waals surface area contributed by atoms with Crippen LogP contribution in [-0.2, 0) is 23.9 Å². The van der Waals surface area contributed by atoms with Crippen molar-refractivity contribution in [3.05, 3.63) is 47.5 Å². The summed E-state index contributed by atoms with van der Waals surface area (Å²) in [6.07, 6.45) is 4.23. The van der Waals surface area contributed by atoms with Gasteiger partial charge in [-0.3, -0.25) is 14.4 Å². The Balaban J connectivity index is 1.73. The predicted molar refractivity (Wildman–Crippen MR) is 123 cm³/mol. The zero-order valence-corrected chi connectivity index (χ0v) is 20.6. The van der Waals surface area contributed by atoms with Crippen LogP contribution < -0.4 is 0 Å². The van der Waals surface area contributed by atoms with Crippen molar-refractivity contribution in [1.82, 2.24) is 0 Å². The van der Waals surface area contributed by atoms with E-state index in [0.29, 0.717) is 6.42 Å². The number of furan rings is 1. The van der Waals surface area contributed by atoms with E-state index in [1.54, 1.807) is 26.4 Å². The average Bonchev–Trinajstić information content (AvgIpc) is 3.51. The molecule has 1 aromatic rings. The van der Waals surface area contributed by atoms with Gasteiger partial charge in [-0.1, -0.05) is 25.5 Å². The first kappa shape index (κ1) is 24.0. The van der Waals surface area contributed by atoms with Gasteiger partial charge in [0.2, 0.25) is 0 Å². The van der Waals surface area contributed by atoms with Gasteiger partial charge in [0, 0.05) is 22.7 Å². The minimum absolute atomic E-state index is 0.0435. The van der Waals surface area contributed by atoms with Crippen molar-refractivity contribution in [1.29, 1.82) is 0 Å². The summed E-state index contributed by atoms with van der Waals surface area (Å²) in [6, 6.07) is 1.91. The highest BCUT2D eigenvalue weighted by Crippen LogP contribution is 2.69. The monoisotopic (exact) mass is 484 g/mol. The summed E-state index contributed by atoms with van der Waals surface area (Å²) in [7, 11) is 1.27. The number of carbonyl (C=O) groups is 3. The summed E-state index contributed by atoms with van der Waals surface area (Å²) < 4.78 is 16.9. The predicted octanol–water partition coefficient (Wildman–Crippen LogP) is 3.26. The fourth-order valence-electron chi connectivity index (χ4n) is 8.22. The van der Waals surface area contributed by atoms with E-state index in [9.17, 15) is 24.6 Å². The normalized spacial score (nSPS) is 44.1. The minimum Gasteiger partial charge on any atom is -0.481 e. The molecule has 1 aliphatic heterocycles. The van der Waals surface area contributed by atoms with Crippen LogP contribution in [0.5, 0.6) is 0 Å². The fourth-order valence-corrected chi connectivity index (χ4v) is 8.22. The lowest BCUT2D eigenvalue weighted by Crippen LogP contribution is -2.69. The van der Waals surface area contributed by atoms with Crippen molar-refractivity contribution >= 4 is 17.7 Å². The SMILES string of the molecule is COC(=O)[C@@]1(C)C=CC(=O)[C@]2(C)[C@@H](CC(=O)O)[C@]3(C)C4=C(C)[C@@H](c5ccoc5)C[C@H]4O[C@H]3[C@@H](O)[C@H]21. The molecule has 188 valence electrons. The molecule has 8 heteroatoms. The smallest absolute Gasteiger partial charge is 0.315 e. The first-order chi connectivity index (χ1) is 16.4. The number of rotatable bonds is 4. The molecule has 1 saturated heterocycles. The first-order valence-corrected chi connectivity index (χ1v) is 12.0. The minimum atomic E-state index is -1.33. The number of carbonyl (C=O) groups excluding carboxylic acids is 2. The zero-order chi connectivity index (χ0) is 25.5. The lowest BCUT2D eigenvalue weighted by Gasteiger charge is -2.61. The number of aliphatic hydroxyl groups excluding tert-OH is 1. The van der Waals surface area contributed by atoms with E-state index in [2.05, 4.69) is 0 Å². The van der Waals surface area contributed by atoms with E-state index in [1.807, 2.05) is 19.9 Å². The van der Waals surface area contributed by atoms with Crippen molar-refractivity contribution < 1.29 is 38.5 Å². The van der Waals surface area contributed by atoms with Crippen LogP contribution in [-0.4, -0.2) is 53.4 Å². The molecule has 0 unspecified atom stereocenters. The zero-order valence-electron chi connectivity index (χ0n) is 20.6. The number of allylic oxidation sites excluding steroid dienone is 2. The van der Waals surface area contributed by atoms with E-state index in [4.69, 9.17) is 13.9 Å². The molecule has 2 heterocycles. The number of fused-ring (bicyclic) bond motifs is 4. The van der Waals surface area contributed by atoms with Crippen LogP contribution in [0, 0.1) is 28.1 Å². The highest BCUT2D eigenvalue weighted by Gasteiger charge is 2.74. The molecule has 1 aromatic heterocycles. The largest absolute Gasteiger partial charge is 0.481 e. The number of carboxylic acids is 1. The summed E-state index contributed by atoms with van der Waals surface area (Å²) in [5.74, 6) is -3.50. The second-order valence-electron chi connectivity index (χ2n) is 11.1. The summed E-state index contributed by atoms with van der Waals surface area (Å²) in [4.78, 5) is 38.8. The first-order valence-electron chi connectivity index (χ1n) is 12.0. The topological polar surface area (TPSA) is 123 Å². The van der Waals surface area contributed by atoms with Gasteiger partial charge in [-0.15, -0.1) is 0 Å². The number of hydrogen-bond donors (Lipinski definition) is 2. The molecule has 5 rings (SSSR count). The molecule has 0 spiro atoms. The molecule has 35 heavy (non-hydrogen) atoms. The molecule has 0 bridgehead atoms. The second-order valence-corrected chi connectivity index (χ2v) is 11.1. The molecular formula is C27H32O8. The number of aliphatic hydroxyl groups is 1. The summed E-state index contributed by atoms with van der Waals surface area (Å²) in [6.45, 7) is 7.29. The molecular weight excluding hydrogens is 452 g/mol. The van der Waals surface area contributed by atoms with Crippen molar-refractivity contribution in [2.45, 2.75) is 64.8 Å². The molecule has 4 aliphatic rings. The number of esters is 1. The Morgan fingerprint density at radius 1 is 1.23 bits per heavy atom. The number of ketones is 1. The Bertz CT molecular complexity index is 1150. The Labute approximate surface area is 204 Å². The van der Waals surface area contributed by atoms with Crippen LogP contribution in [0.2, 0.25) is 0 Å². The molecule has 2 N–H and O–H groups in total. The molecule has 2 fully saturated rings. The van der Waals surface area contributed by atoms with E-state index >= 15 is 0 Å². The van der Waals surface area contributed by atoms with Gasteiger partial charge in [-0.25, -0.2) is 0 Å². The van der Waals surface area contributed by atoms with Crippen LogP contribution in [0.4, 0.5) is 0 Å². The molecule has 0 radical (unpaired) electrons. The summed E-state index contributed by atoms with van der Waals surface area (Å²) >= 11 is 0. The number of aliphatic carboxylic acids is 1. The van der Waals surface area contributed by atoms with Crippen LogP contribution in [0.15, 0.2) is 46.3 Å². The van der Waals surface area contributed by atoms with E-state index < -0.39 is 52.2 Å². The van der Waals surface area contributed by atoms with Crippen molar-refractivity contribution in [2.24, 2.45) is 28.1 Å². The Kier molecular flexibility index (Phi) is 5.24. The maximum atomic E-state index is 13.6. The number of hydrogen-bond acceptors (Lipinski definition) is 7. The molecule has 1 saturated carbocycles. The van der Waals surface area contributed by atoms with Gasteiger partial charge >= 0.3 is 11.9 Å². The molecule has 9 atom stereocenters. The number of carboxylic acid groups (broad SMARTS) is 1. The average molecular weight is 485 g/mol. The highest BCUT2D eigenvalue weighted by atomic mass is 16.5. The fraction of sp³-hybridized carbons (Fsp3) is 0.593. The van der Waals surface area contributed by atoms with E-state index in [0.717, 1.165) is 16.7 Å². The van der Waals surface area contributed by atoms with Gasteiger partial charge in [0.05, 0.1) is 49.8 Å². The quantitative estimate of drug-likeness (QED) is 0.493.